The van der Waals surface area contributed by atoms with Crippen LogP contribution in [0, 0.1) is 0 Å². The highest BCUT2D eigenvalue weighted by atomic mass is 35.5. The lowest BCUT2D eigenvalue weighted by molar-refractivity contribution is 0.652. The molecule has 1 rings (SSSR count). The van der Waals surface area contributed by atoms with Gasteiger partial charge in [-0.05, 0) is 36.0 Å². The predicted octanol–water partition coefficient (Wildman–Crippen LogP) is 5.67. The van der Waals surface area contributed by atoms with E-state index in [9.17, 15) is 0 Å². The Morgan fingerprint density at radius 3 is 2.41 bits per heavy atom. The number of benzene rings is 1. The first kappa shape index (κ1) is 14.6. The Hall–Kier alpha value is -0.490. The lowest BCUT2D eigenvalue weighted by Crippen LogP contribution is -1.98. The van der Waals surface area contributed by atoms with Crippen molar-refractivity contribution in [2.45, 2.75) is 64.7 Å². The second-order valence-corrected chi connectivity index (χ2v) is 5.23. The summed E-state index contributed by atoms with van der Waals surface area (Å²) in [6, 6.07) is 6.80. The first-order valence-electron chi connectivity index (χ1n) is 6.98. The Morgan fingerprint density at radius 1 is 1.06 bits per heavy atom. The fraction of sp³-hybridized carbons (Fsp3) is 0.625. The molecule has 0 fully saturated rings. The maximum atomic E-state index is 6.55. The molecule has 0 aliphatic carbocycles. The van der Waals surface area contributed by atoms with Crippen LogP contribution in [0.1, 0.15) is 68.5 Å². The maximum Gasteiger partial charge on any atom is 0.0588 e. The van der Waals surface area contributed by atoms with Crippen LogP contribution in [0.3, 0.4) is 0 Å². The van der Waals surface area contributed by atoms with Gasteiger partial charge < -0.3 is 0 Å². The van der Waals surface area contributed by atoms with E-state index in [0.717, 1.165) is 19.3 Å². The average molecular weight is 253 g/mol. The van der Waals surface area contributed by atoms with E-state index in [4.69, 9.17) is 11.6 Å². The van der Waals surface area contributed by atoms with Gasteiger partial charge in [0.25, 0.3) is 0 Å². The molecule has 0 saturated heterocycles. The molecule has 0 nitrogen and oxygen atoms in total. The fourth-order valence-electron chi connectivity index (χ4n) is 2.21. The number of unbranched alkanes of at least 4 members (excludes halogenated alkanes) is 2. The second-order valence-electron chi connectivity index (χ2n) is 4.70. The third-order valence-corrected chi connectivity index (χ3v) is 3.85. The van der Waals surface area contributed by atoms with E-state index in [1.807, 2.05) is 0 Å². The minimum atomic E-state index is 0.197. The molecule has 0 saturated carbocycles. The molecule has 17 heavy (non-hydrogen) atoms. The van der Waals surface area contributed by atoms with Crippen LogP contribution in [0.15, 0.2) is 18.2 Å². The number of rotatable bonds is 7. The lowest BCUT2D eigenvalue weighted by Gasteiger charge is -2.15. The van der Waals surface area contributed by atoms with Crippen molar-refractivity contribution in [1.29, 1.82) is 0 Å². The SMILES string of the molecule is CCCCCC(Cl)c1cc(CC)ccc1CC. The van der Waals surface area contributed by atoms with Gasteiger partial charge in [0.2, 0.25) is 0 Å². The third kappa shape index (κ3) is 4.35. The van der Waals surface area contributed by atoms with Crippen molar-refractivity contribution in [2.24, 2.45) is 0 Å². The van der Waals surface area contributed by atoms with Crippen molar-refractivity contribution in [3.63, 3.8) is 0 Å². The van der Waals surface area contributed by atoms with Gasteiger partial charge in [0.15, 0.2) is 0 Å². The minimum absolute atomic E-state index is 0.197. The molecule has 0 aliphatic rings. The molecule has 1 atom stereocenters. The smallest absolute Gasteiger partial charge is 0.0588 e. The highest BCUT2D eigenvalue weighted by Crippen LogP contribution is 2.30. The maximum absolute atomic E-state index is 6.55. The molecular weight excluding hydrogens is 228 g/mol. The van der Waals surface area contributed by atoms with Gasteiger partial charge in [-0.25, -0.2) is 0 Å². The van der Waals surface area contributed by atoms with Gasteiger partial charge in [0.05, 0.1) is 5.38 Å². The van der Waals surface area contributed by atoms with E-state index < -0.39 is 0 Å². The molecule has 0 radical (unpaired) electrons. The zero-order chi connectivity index (χ0) is 12.7. The molecule has 1 unspecified atom stereocenters. The molecule has 1 heteroatoms. The molecule has 96 valence electrons. The zero-order valence-electron chi connectivity index (χ0n) is 11.4. The van der Waals surface area contributed by atoms with Crippen molar-refractivity contribution in [2.75, 3.05) is 0 Å². The van der Waals surface area contributed by atoms with Crippen molar-refractivity contribution in [3.05, 3.63) is 34.9 Å². The summed E-state index contributed by atoms with van der Waals surface area (Å²) in [5.41, 5.74) is 4.18. The van der Waals surface area contributed by atoms with E-state index in [0.29, 0.717) is 0 Å². The van der Waals surface area contributed by atoms with Crippen LogP contribution in [0.4, 0.5) is 0 Å². The normalized spacial score (nSPS) is 12.7. The Labute approximate surface area is 111 Å². The number of alkyl halides is 1. The van der Waals surface area contributed by atoms with Crippen LogP contribution >= 0.6 is 11.6 Å². The standard InChI is InChI=1S/C16H25Cl/c1-4-7-8-9-16(17)15-12-13(5-2)10-11-14(15)6-3/h10-12,16H,4-9H2,1-3H3. The summed E-state index contributed by atoms with van der Waals surface area (Å²) in [4.78, 5) is 0. The van der Waals surface area contributed by atoms with E-state index in [2.05, 4.69) is 39.0 Å². The first-order chi connectivity index (χ1) is 8.22. The summed E-state index contributed by atoms with van der Waals surface area (Å²) >= 11 is 6.55. The van der Waals surface area contributed by atoms with Crippen LogP contribution in [-0.2, 0) is 12.8 Å². The second kappa shape index (κ2) is 7.76. The monoisotopic (exact) mass is 252 g/mol. The molecule has 0 amide bonds. The highest BCUT2D eigenvalue weighted by Gasteiger charge is 2.12. The molecule has 0 bridgehead atoms. The van der Waals surface area contributed by atoms with Crippen molar-refractivity contribution in [3.8, 4) is 0 Å². The third-order valence-electron chi connectivity index (χ3n) is 3.40. The summed E-state index contributed by atoms with van der Waals surface area (Å²) in [5, 5.41) is 0.197. The number of aryl methyl sites for hydroxylation is 2. The van der Waals surface area contributed by atoms with Crippen molar-refractivity contribution >= 4 is 11.6 Å². The summed E-state index contributed by atoms with van der Waals surface area (Å²) in [7, 11) is 0. The Morgan fingerprint density at radius 2 is 1.82 bits per heavy atom. The van der Waals surface area contributed by atoms with Gasteiger partial charge in [0, 0.05) is 0 Å². The van der Waals surface area contributed by atoms with Gasteiger partial charge in [-0.1, -0.05) is 58.2 Å². The molecule has 1 aromatic rings. The molecule has 0 aliphatic heterocycles. The van der Waals surface area contributed by atoms with Crippen LogP contribution < -0.4 is 0 Å². The number of hydrogen-bond acceptors (Lipinski definition) is 0. The van der Waals surface area contributed by atoms with Crippen molar-refractivity contribution in [1.82, 2.24) is 0 Å². The van der Waals surface area contributed by atoms with Crippen LogP contribution in [-0.4, -0.2) is 0 Å². The van der Waals surface area contributed by atoms with Gasteiger partial charge in [-0.15, -0.1) is 11.6 Å². The summed E-state index contributed by atoms with van der Waals surface area (Å²) in [6.45, 7) is 6.64. The van der Waals surface area contributed by atoms with E-state index >= 15 is 0 Å². The summed E-state index contributed by atoms with van der Waals surface area (Å²) in [6.07, 6.45) is 7.07. The van der Waals surface area contributed by atoms with Gasteiger partial charge >= 0.3 is 0 Å². The predicted molar refractivity (Wildman–Crippen MR) is 77.9 cm³/mol. The average Bonchev–Trinajstić information content (AvgIpc) is 2.38. The van der Waals surface area contributed by atoms with Crippen LogP contribution in [0.5, 0.6) is 0 Å². The molecule has 0 heterocycles. The topological polar surface area (TPSA) is 0 Å². The Bertz CT molecular complexity index is 330. The summed E-state index contributed by atoms with van der Waals surface area (Å²) < 4.78 is 0. The molecule has 0 spiro atoms. The minimum Gasteiger partial charge on any atom is -0.118 e. The van der Waals surface area contributed by atoms with E-state index in [1.165, 1.54) is 36.0 Å². The van der Waals surface area contributed by atoms with Gasteiger partial charge in [0.1, 0.15) is 0 Å². The molecule has 0 N–H and O–H groups in total. The van der Waals surface area contributed by atoms with E-state index in [-0.39, 0.29) is 5.38 Å². The van der Waals surface area contributed by atoms with Crippen molar-refractivity contribution < 1.29 is 0 Å². The Balaban J connectivity index is 2.78. The molecule has 0 aromatic heterocycles. The number of halogens is 1. The van der Waals surface area contributed by atoms with Crippen LogP contribution in [0.2, 0.25) is 0 Å². The zero-order valence-corrected chi connectivity index (χ0v) is 12.2. The van der Waals surface area contributed by atoms with E-state index in [1.54, 1.807) is 0 Å². The Kier molecular flexibility index (Phi) is 6.65. The summed E-state index contributed by atoms with van der Waals surface area (Å²) in [5.74, 6) is 0. The first-order valence-corrected chi connectivity index (χ1v) is 7.42. The lowest BCUT2D eigenvalue weighted by atomic mass is 9.96. The number of hydrogen-bond donors (Lipinski definition) is 0. The van der Waals surface area contributed by atoms with Gasteiger partial charge in [-0.2, -0.15) is 0 Å². The molecular formula is C16H25Cl. The van der Waals surface area contributed by atoms with Crippen LogP contribution in [0.25, 0.3) is 0 Å². The highest BCUT2D eigenvalue weighted by molar-refractivity contribution is 6.20. The molecule has 1 aromatic carbocycles. The quantitative estimate of drug-likeness (QED) is 0.433. The van der Waals surface area contributed by atoms with Gasteiger partial charge in [-0.3, -0.25) is 0 Å². The fourth-order valence-corrected chi connectivity index (χ4v) is 2.56. The largest absolute Gasteiger partial charge is 0.118 e.